The van der Waals surface area contributed by atoms with Crippen molar-refractivity contribution < 1.29 is 13.2 Å². The van der Waals surface area contributed by atoms with Crippen molar-refractivity contribution in [3.63, 3.8) is 0 Å². The molecule has 1 aromatic rings. The maximum atomic E-state index is 12.3. The molecule has 0 N–H and O–H groups in total. The quantitative estimate of drug-likeness (QED) is 0.778. The van der Waals surface area contributed by atoms with E-state index >= 15 is 0 Å². The molecule has 2 fully saturated rings. The average Bonchev–Trinajstić information content (AvgIpc) is 3.00. The molecule has 2 saturated heterocycles. The van der Waals surface area contributed by atoms with Crippen molar-refractivity contribution >= 4 is 50.0 Å². The van der Waals surface area contributed by atoms with Crippen LogP contribution in [0, 0.1) is 12.8 Å². The molecule has 0 unspecified atom stereocenters. The van der Waals surface area contributed by atoms with Gasteiger partial charge in [-0.3, -0.25) is 4.79 Å². The molecule has 25 heavy (non-hydrogen) atoms. The normalized spacial score (nSPS) is 27.5. The van der Waals surface area contributed by atoms with E-state index in [9.17, 15) is 13.2 Å². The molecule has 2 aliphatic heterocycles. The Morgan fingerprint density at radius 1 is 1.44 bits per heavy atom. The number of benzene rings is 1. The molecule has 136 valence electrons. The summed E-state index contributed by atoms with van der Waals surface area (Å²) in [5.74, 6) is -0.126. The molecule has 1 amide bonds. The number of aryl methyl sites for hydroxylation is 1. The predicted octanol–water partition coefficient (Wildman–Crippen LogP) is 3.30. The van der Waals surface area contributed by atoms with Crippen molar-refractivity contribution in [1.82, 2.24) is 0 Å². The summed E-state index contributed by atoms with van der Waals surface area (Å²) in [6, 6.07) is 5.30. The van der Waals surface area contributed by atoms with Gasteiger partial charge >= 0.3 is 0 Å². The fourth-order valence-electron chi connectivity index (χ4n) is 3.07. The Morgan fingerprint density at radius 2 is 2.16 bits per heavy atom. The van der Waals surface area contributed by atoms with Crippen LogP contribution in [0.15, 0.2) is 23.2 Å². The first-order chi connectivity index (χ1) is 11.7. The van der Waals surface area contributed by atoms with Crippen molar-refractivity contribution in [2.75, 3.05) is 16.4 Å². The Morgan fingerprint density at radius 3 is 2.84 bits per heavy atom. The number of fused-ring (bicyclic) bond motifs is 1. The monoisotopic (exact) mass is 400 g/mol. The molecule has 5 nitrogen and oxygen atoms in total. The SMILES string of the molecule is CC[C@H](C)C(=O)N=C1S[C@H]2CS(=O)(=O)C[C@@H]2N1c1cc(Cl)ccc1C. The molecule has 3 rings (SSSR count). The van der Waals surface area contributed by atoms with Gasteiger partial charge in [0.1, 0.15) is 0 Å². The number of amidine groups is 1. The Bertz CT molecular complexity index is 838. The number of sulfone groups is 1. The highest BCUT2D eigenvalue weighted by Gasteiger charge is 2.49. The molecule has 2 heterocycles. The third kappa shape index (κ3) is 3.73. The third-order valence-corrected chi connectivity index (χ3v) is 8.18. The summed E-state index contributed by atoms with van der Waals surface area (Å²) in [4.78, 5) is 18.6. The second-order valence-electron chi connectivity index (χ2n) is 6.64. The Balaban J connectivity index is 2.05. The fourth-order valence-corrected chi connectivity index (χ4v) is 7.15. The molecule has 8 heteroatoms. The van der Waals surface area contributed by atoms with E-state index in [2.05, 4.69) is 4.99 Å². The van der Waals surface area contributed by atoms with Crippen molar-refractivity contribution in [2.24, 2.45) is 10.9 Å². The minimum Gasteiger partial charge on any atom is -0.315 e. The van der Waals surface area contributed by atoms with Crippen LogP contribution >= 0.6 is 23.4 Å². The van der Waals surface area contributed by atoms with Gasteiger partial charge in [0.05, 0.1) is 17.5 Å². The number of aliphatic imine (C=N–C) groups is 1. The van der Waals surface area contributed by atoms with Gasteiger partial charge in [-0.15, -0.1) is 0 Å². The molecule has 0 radical (unpaired) electrons. The van der Waals surface area contributed by atoms with Crippen LogP contribution in [0.3, 0.4) is 0 Å². The van der Waals surface area contributed by atoms with E-state index in [-0.39, 0.29) is 34.6 Å². The third-order valence-electron chi connectivity index (χ3n) is 4.74. The molecule has 0 spiro atoms. The van der Waals surface area contributed by atoms with E-state index in [1.54, 1.807) is 6.07 Å². The molecular weight excluding hydrogens is 380 g/mol. The second-order valence-corrected chi connectivity index (χ2v) is 10.4. The Hall–Kier alpha value is -1.05. The van der Waals surface area contributed by atoms with Crippen LogP contribution in [-0.4, -0.2) is 42.3 Å². The number of anilines is 1. The molecule has 0 aromatic heterocycles. The van der Waals surface area contributed by atoms with Crippen LogP contribution in [0.25, 0.3) is 0 Å². The first-order valence-electron chi connectivity index (χ1n) is 8.27. The number of hydrogen-bond acceptors (Lipinski definition) is 4. The van der Waals surface area contributed by atoms with E-state index in [0.29, 0.717) is 10.2 Å². The first-order valence-corrected chi connectivity index (χ1v) is 11.3. The van der Waals surface area contributed by atoms with Gasteiger partial charge in [0.2, 0.25) is 0 Å². The predicted molar refractivity (Wildman–Crippen MR) is 104 cm³/mol. The van der Waals surface area contributed by atoms with Gasteiger partial charge in [-0.25, -0.2) is 8.42 Å². The minimum atomic E-state index is -3.08. The van der Waals surface area contributed by atoms with E-state index in [0.717, 1.165) is 17.7 Å². The maximum Gasteiger partial charge on any atom is 0.250 e. The molecule has 3 atom stereocenters. The highest BCUT2D eigenvalue weighted by Crippen LogP contribution is 2.42. The number of nitrogens with zero attached hydrogens (tertiary/aromatic N) is 2. The molecule has 1 aromatic carbocycles. The van der Waals surface area contributed by atoms with Gasteiger partial charge in [-0.2, -0.15) is 4.99 Å². The van der Waals surface area contributed by atoms with Gasteiger partial charge in [-0.1, -0.05) is 43.3 Å². The van der Waals surface area contributed by atoms with Crippen molar-refractivity contribution in [2.45, 2.75) is 38.5 Å². The topological polar surface area (TPSA) is 66.8 Å². The number of thioether (sulfide) groups is 1. The van der Waals surface area contributed by atoms with Crippen LogP contribution in [0.5, 0.6) is 0 Å². The summed E-state index contributed by atoms with van der Waals surface area (Å²) in [5.41, 5.74) is 1.79. The van der Waals surface area contributed by atoms with Crippen LogP contribution < -0.4 is 4.90 Å². The van der Waals surface area contributed by atoms with Gasteiger partial charge < -0.3 is 4.90 Å². The summed E-state index contributed by atoms with van der Waals surface area (Å²) in [6.07, 6.45) is 0.720. The average molecular weight is 401 g/mol. The van der Waals surface area contributed by atoms with Gasteiger partial charge in [0, 0.05) is 21.9 Å². The number of carbonyl (C=O) groups excluding carboxylic acids is 1. The van der Waals surface area contributed by atoms with Crippen molar-refractivity contribution in [1.29, 1.82) is 0 Å². The minimum absolute atomic E-state index is 0.0765. The fraction of sp³-hybridized carbons (Fsp3) is 0.529. The maximum absolute atomic E-state index is 12.3. The molecule has 0 bridgehead atoms. The summed E-state index contributed by atoms with van der Waals surface area (Å²) < 4.78 is 24.2. The van der Waals surface area contributed by atoms with Crippen LogP contribution in [0.4, 0.5) is 5.69 Å². The zero-order valence-electron chi connectivity index (χ0n) is 14.4. The first kappa shape index (κ1) is 18.7. The largest absolute Gasteiger partial charge is 0.315 e. The summed E-state index contributed by atoms with van der Waals surface area (Å²) in [5, 5.41) is 1.05. The zero-order chi connectivity index (χ0) is 18.4. The summed E-state index contributed by atoms with van der Waals surface area (Å²) in [7, 11) is -3.08. The second kappa shape index (κ2) is 6.93. The molecule has 2 aliphatic rings. The molecular formula is C17H21ClN2O3S2. The molecule has 0 saturated carbocycles. The van der Waals surface area contributed by atoms with Gasteiger partial charge in [-0.05, 0) is 31.0 Å². The Labute approximate surface area is 157 Å². The van der Waals surface area contributed by atoms with Gasteiger partial charge in [0.25, 0.3) is 5.91 Å². The molecule has 0 aliphatic carbocycles. The number of halogens is 1. The number of carbonyl (C=O) groups is 1. The zero-order valence-corrected chi connectivity index (χ0v) is 16.8. The van der Waals surface area contributed by atoms with Crippen LogP contribution in [0.1, 0.15) is 25.8 Å². The summed E-state index contributed by atoms with van der Waals surface area (Å²) in [6.45, 7) is 5.75. The van der Waals surface area contributed by atoms with Crippen LogP contribution in [-0.2, 0) is 14.6 Å². The van der Waals surface area contributed by atoms with E-state index in [1.165, 1.54) is 11.8 Å². The van der Waals surface area contributed by atoms with E-state index in [1.807, 2.05) is 37.8 Å². The standard InChI is InChI=1S/C17H21ClN2O3S2/c1-4-10(2)16(21)19-17-20(13-7-12(18)6-5-11(13)3)14-8-25(22,23)9-15(14)24-17/h5-7,10,14-15H,4,8-9H2,1-3H3/t10-,14-,15-/m0/s1. The van der Waals surface area contributed by atoms with Crippen molar-refractivity contribution in [3.05, 3.63) is 28.8 Å². The Kier molecular flexibility index (Phi) is 5.19. The number of hydrogen-bond donors (Lipinski definition) is 0. The highest BCUT2D eigenvalue weighted by atomic mass is 35.5. The number of rotatable bonds is 3. The van der Waals surface area contributed by atoms with Crippen molar-refractivity contribution in [3.8, 4) is 0 Å². The number of amides is 1. The smallest absolute Gasteiger partial charge is 0.250 e. The van der Waals surface area contributed by atoms with Gasteiger partial charge in [0.15, 0.2) is 15.0 Å². The van der Waals surface area contributed by atoms with E-state index in [4.69, 9.17) is 11.6 Å². The lowest BCUT2D eigenvalue weighted by Crippen LogP contribution is -2.38. The van der Waals surface area contributed by atoms with Crippen LogP contribution in [0.2, 0.25) is 5.02 Å². The lowest BCUT2D eigenvalue weighted by atomic mass is 10.1. The highest BCUT2D eigenvalue weighted by molar-refractivity contribution is 8.16. The van der Waals surface area contributed by atoms with E-state index < -0.39 is 9.84 Å². The lowest BCUT2D eigenvalue weighted by molar-refractivity contribution is -0.121. The summed E-state index contributed by atoms with van der Waals surface area (Å²) >= 11 is 7.55. The lowest BCUT2D eigenvalue weighted by Gasteiger charge is -2.26.